The molecule has 2 aromatic rings. The van der Waals surface area contributed by atoms with Crippen molar-refractivity contribution in [1.29, 1.82) is 5.41 Å². The molecule has 1 aliphatic rings. The lowest BCUT2D eigenvalue weighted by atomic mass is 10.3. The third kappa shape index (κ3) is 5.31. The normalized spacial score (nSPS) is 15.2. The third-order valence-corrected chi connectivity index (χ3v) is 3.89. The Bertz CT molecular complexity index is 908. The van der Waals surface area contributed by atoms with Crippen LogP contribution in [0.5, 0.6) is 5.88 Å². The minimum absolute atomic E-state index is 0.00513. The number of nitrogens with one attached hydrogen (secondary N) is 3. The second-order valence-electron chi connectivity index (χ2n) is 6.27. The van der Waals surface area contributed by atoms with Crippen LogP contribution in [0.15, 0.2) is 22.8 Å². The summed E-state index contributed by atoms with van der Waals surface area (Å²) >= 11 is 5.63. The van der Waals surface area contributed by atoms with Crippen molar-refractivity contribution >= 4 is 29.2 Å². The number of hydroxylamine groups is 2. The fourth-order valence-corrected chi connectivity index (χ4v) is 2.35. The Kier molecular flexibility index (Phi) is 6.15. The highest BCUT2D eigenvalue weighted by molar-refractivity contribution is 6.30. The van der Waals surface area contributed by atoms with Gasteiger partial charge in [-0.2, -0.15) is 5.06 Å². The van der Waals surface area contributed by atoms with Gasteiger partial charge in [-0.05, 0) is 42.4 Å². The second-order valence-corrected chi connectivity index (χ2v) is 6.68. The summed E-state index contributed by atoms with van der Waals surface area (Å²) in [6.07, 6.45) is 0. The fraction of sp³-hybridized carbons (Fsp3) is 0.375. The summed E-state index contributed by atoms with van der Waals surface area (Å²) in [5.74, 6) is -1.79. The van der Waals surface area contributed by atoms with Crippen LogP contribution in [0.3, 0.4) is 0 Å². The Balaban J connectivity index is 1.48. The van der Waals surface area contributed by atoms with Crippen LogP contribution in [0.1, 0.15) is 19.5 Å². The van der Waals surface area contributed by atoms with E-state index >= 15 is 0 Å². The van der Waals surface area contributed by atoms with Gasteiger partial charge in [0.2, 0.25) is 5.69 Å². The number of anilines is 1. The van der Waals surface area contributed by atoms with Gasteiger partial charge < -0.3 is 20.1 Å². The number of hydrogen-bond acceptors (Lipinski definition) is 8. The van der Waals surface area contributed by atoms with Crippen LogP contribution >= 0.6 is 11.6 Å². The first-order valence-electron chi connectivity index (χ1n) is 8.40. The lowest BCUT2D eigenvalue weighted by molar-refractivity contribution is -0.192. The molecule has 0 spiro atoms. The highest BCUT2D eigenvalue weighted by Crippen LogP contribution is 2.22. The number of amides is 2. The summed E-state index contributed by atoms with van der Waals surface area (Å²) in [6.45, 7) is 3.52. The molecule has 0 radical (unpaired) electrons. The van der Waals surface area contributed by atoms with Gasteiger partial charge >= 0.3 is 6.03 Å². The van der Waals surface area contributed by atoms with Gasteiger partial charge in [0, 0.05) is 5.69 Å². The van der Waals surface area contributed by atoms with Gasteiger partial charge in [0.1, 0.15) is 12.4 Å². The topological polar surface area (TPSA) is 135 Å². The number of amidine groups is 1. The maximum atomic E-state index is 13.5. The summed E-state index contributed by atoms with van der Waals surface area (Å²) in [4.78, 5) is 17.2. The summed E-state index contributed by atoms with van der Waals surface area (Å²) in [5, 5.41) is 21.4. The van der Waals surface area contributed by atoms with Gasteiger partial charge in [-0.25, -0.2) is 18.7 Å². The van der Waals surface area contributed by atoms with Crippen molar-refractivity contribution < 1.29 is 28.1 Å². The molecular formula is C16H18ClFN6O5. The van der Waals surface area contributed by atoms with E-state index in [1.807, 2.05) is 0 Å². The molecule has 29 heavy (non-hydrogen) atoms. The molecule has 2 amide bonds. The lowest BCUT2D eigenvalue weighted by Crippen LogP contribution is -2.40. The summed E-state index contributed by atoms with van der Waals surface area (Å²) in [7, 11) is 0. The van der Waals surface area contributed by atoms with E-state index in [2.05, 4.69) is 25.6 Å². The Morgan fingerprint density at radius 1 is 1.45 bits per heavy atom. The van der Waals surface area contributed by atoms with E-state index in [-0.39, 0.29) is 48.0 Å². The van der Waals surface area contributed by atoms with Crippen LogP contribution in [-0.4, -0.2) is 52.9 Å². The minimum atomic E-state index is -0.866. The molecule has 156 valence electrons. The van der Waals surface area contributed by atoms with Gasteiger partial charge in [0.15, 0.2) is 18.4 Å². The average molecular weight is 429 g/mol. The zero-order valence-electron chi connectivity index (χ0n) is 15.5. The maximum absolute atomic E-state index is 13.5. The number of carbonyl (C=O) groups is 1. The van der Waals surface area contributed by atoms with Crippen molar-refractivity contribution in [3.63, 3.8) is 0 Å². The minimum Gasteiger partial charge on any atom is -0.472 e. The van der Waals surface area contributed by atoms with E-state index < -0.39 is 17.6 Å². The highest BCUT2D eigenvalue weighted by Gasteiger charge is 2.34. The van der Waals surface area contributed by atoms with E-state index in [1.54, 1.807) is 13.8 Å². The Labute approximate surface area is 169 Å². The number of carbonyl (C=O) groups excluding carboxylic acids is 1. The number of nitrogens with zero attached hydrogens (tertiary/aromatic N) is 3. The molecule has 1 aromatic heterocycles. The van der Waals surface area contributed by atoms with Gasteiger partial charge in [-0.1, -0.05) is 11.6 Å². The number of urea groups is 1. The van der Waals surface area contributed by atoms with Crippen LogP contribution in [0.4, 0.5) is 14.9 Å². The summed E-state index contributed by atoms with van der Waals surface area (Å²) < 4.78 is 28.8. The van der Waals surface area contributed by atoms with Crippen LogP contribution in [0.25, 0.3) is 0 Å². The van der Waals surface area contributed by atoms with Gasteiger partial charge in [0.05, 0.1) is 11.6 Å². The van der Waals surface area contributed by atoms with Gasteiger partial charge in [-0.15, -0.1) is 0 Å². The first-order valence-corrected chi connectivity index (χ1v) is 8.78. The van der Waals surface area contributed by atoms with Gasteiger partial charge in [-0.3, -0.25) is 5.41 Å². The number of rotatable bonds is 6. The number of hydrogen-bond donors (Lipinski definition) is 3. The molecule has 0 aliphatic carbocycles. The summed E-state index contributed by atoms with van der Waals surface area (Å²) in [6, 6.07) is 3.49. The molecule has 1 aliphatic heterocycles. The number of benzene rings is 1. The van der Waals surface area contributed by atoms with E-state index in [4.69, 9.17) is 31.3 Å². The van der Waals surface area contributed by atoms with E-state index in [0.29, 0.717) is 0 Å². The molecule has 13 heteroatoms. The zero-order chi connectivity index (χ0) is 21.0. The zero-order valence-corrected chi connectivity index (χ0v) is 16.2. The highest BCUT2D eigenvalue weighted by atomic mass is 35.5. The van der Waals surface area contributed by atoms with Crippen molar-refractivity contribution in [2.45, 2.75) is 19.6 Å². The quantitative estimate of drug-likeness (QED) is 0.362. The molecule has 1 fully saturated rings. The Morgan fingerprint density at radius 3 is 2.93 bits per heavy atom. The third-order valence-electron chi connectivity index (χ3n) is 3.59. The SMILES string of the molecule is CC1(C)OCN(C(=O)NCCOc2nonc2C(=N)Nc2ccc(Cl)c(F)c2)O1. The molecule has 1 aromatic carbocycles. The molecule has 0 atom stereocenters. The van der Waals surface area contributed by atoms with Crippen molar-refractivity contribution in [2.75, 3.05) is 25.2 Å². The van der Waals surface area contributed by atoms with Crippen LogP contribution in [-0.2, 0) is 9.57 Å². The predicted molar refractivity (Wildman–Crippen MR) is 98.0 cm³/mol. The molecule has 1 saturated heterocycles. The molecule has 0 saturated carbocycles. The smallest absolute Gasteiger partial charge is 0.343 e. The van der Waals surface area contributed by atoms with Crippen LogP contribution < -0.4 is 15.4 Å². The number of halogens is 2. The standard InChI is InChI=1S/C16H18ClFN6O5/c1-16(2)27-8-24(28-16)15(25)20-5-6-26-14-12(22-29-23-14)13(19)21-9-3-4-10(17)11(18)7-9/h3-4,7H,5-6,8H2,1-2H3,(H2,19,21)(H,20,25). The maximum Gasteiger partial charge on any atom is 0.343 e. The fourth-order valence-electron chi connectivity index (χ4n) is 2.23. The molecule has 0 bridgehead atoms. The first-order chi connectivity index (χ1) is 13.7. The van der Waals surface area contributed by atoms with E-state index in [9.17, 15) is 9.18 Å². The van der Waals surface area contributed by atoms with Crippen molar-refractivity contribution in [3.8, 4) is 5.88 Å². The van der Waals surface area contributed by atoms with E-state index in [1.165, 1.54) is 12.1 Å². The number of aromatic nitrogens is 2. The predicted octanol–water partition coefficient (Wildman–Crippen LogP) is 2.35. The van der Waals surface area contributed by atoms with E-state index in [0.717, 1.165) is 11.1 Å². The van der Waals surface area contributed by atoms with Crippen molar-refractivity contribution in [2.24, 2.45) is 0 Å². The van der Waals surface area contributed by atoms with Crippen molar-refractivity contribution in [1.82, 2.24) is 20.7 Å². The average Bonchev–Trinajstić information content (AvgIpc) is 3.28. The van der Waals surface area contributed by atoms with Crippen molar-refractivity contribution in [3.05, 3.63) is 34.7 Å². The first kappa shape index (κ1) is 20.8. The molecule has 3 N–H and O–H groups in total. The molecule has 2 heterocycles. The van der Waals surface area contributed by atoms with Crippen LogP contribution in [0.2, 0.25) is 5.02 Å². The monoisotopic (exact) mass is 428 g/mol. The molecule has 3 rings (SSSR count). The number of ether oxygens (including phenoxy) is 2. The second kappa shape index (κ2) is 8.59. The largest absolute Gasteiger partial charge is 0.472 e. The Morgan fingerprint density at radius 2 is 2.24 bits per heavy atom. The lowest BCUT2D eigenvalue weighted by Gasteiger charge is -2.17. The molecular weight excluding hydrogens is 411 g/mol. The summed E-state index contributed by atoms with van der Waals surface area (Å²) in [5.41, 5.74) is 0.263. The van der Waals surface area contributed by atoms with Gasteiger partial charge in [0.25, 0.3) is 5.88 Å². The Hall–Kier alpha value is -2.96. The molecule has 11 nitrogen and oxygen atoms in total. The molecule has 0 unspecified atom stereocenters. The van der Waals surface area contributed by atoms with Crippen LogP contribution in [0, 0.1) is 11.2 Å².